The first-order valence-corrected chi connectivity index (χ1v) is 6.73. The van der Waals surface area contributed by atoms with Crippen LogP contribution >= 0.6 is 0 Å². The molecule has 1 atom stereocenters. The number of benzene rings is 2. The second kappa shape index (κ2) is 7.41. The highest BCUT2D eigenvalue weighted by Crippen LogP contribution is 2.24. The molecule has 0 radical (unpaired) electrons. The number of methoxy groups -OCH3 is 1. The fourth-order valence-corrected chi connectivity index (χ4v) is 1.98. The molecule has 0 unspecified atom stereocenters. The lowest BCUT2D eigenvalue weighted by Crippen LogP contribution is -2.14. The summed E-state index contributed by atoms with van der Waals surface area (Å²) < 4.78 is 10.7. The van der Waals surface area contributed by atoms with Crippen molar-refractivity contribution in [1.82, 2.24) is 0 Å². The van der Waals surface area contributed by atoms with Crippen LogP contribution in [0, 0.1) is 0 Å². The van der Waals surface area contributed by atoms with Crippen LogP contribution in [0.5, 0.6) is 5.75 Å². The van der Waals surface area contributed by atoms with Gasteiger partial charge in [0.05, 0.1) is 6.10 Å². The highest BCUT2D eigenvalue weighted by atomic mass is 16.5. The average Bonchev–Trinajstić information content (AvgIpc) is 2.54. The van der Waals surface area contributed by atoms with E-state index in [0.29, 0.717) is 17.7 Å². The van der Waals surface area contributed by atoms with Crippen molar-refractivity contribution in [2.75, 3.05) is 7.11 Å². The Kier molecular flexibility index (Phi) is 5.29. The monoisotopic (exact) mass is 282 g/mol. The molecule has 0 aliphatic carbocycles. The van der Waals surface area contributed by atoms with Crippen molar-refractivity contribution in [2.24, 2.45) is 0 Å². The highest BCUT2D eigenvalue weighted by molar-refractivity contribution is 5.89. The van der Waals surface area contributed by atoms with Gasteiger partial charge in [-0.05, 0) is 17.7 Å². The van der Waals surface area contributed by atoms with Crippen LogP contribution in [0.3, 0.4) is 0 Å². The fraction of sp³-hybridized carbons (Fsp3) is 0.167. The van der Waals surface area contributed by atoms with Gasteiger partial charge in [-0.3, -0.25) is 0 Å². The largest absolute Gasteiger partial charge is 0.423 e. The summed E-state index contributed by atoms with van der Waals surface area (Å²) >= 11 is 0. The topological polar surface area (TPSA) is 35.5 Å². The molecule has 0 N–H and O–H groups in total. The number of esters is 1. The Balaban J connectivity index is 1.98. The molecule has 108 valence electrons. The van der Waals surface area contributed by atoms with E-state index in [1.165, 1.54) is 0 Å². The SMILES string of the molecule is C=C(C[C@@H](OC)c1ccccc1)C(=O)Oc1ccccc1. The summed E-state index contributed by atoms with van der Waals surface area (Å²) in [5, 5.41) is 0. The van der Waals surface area contributed by atoms with E-state index < -0.39 is 5.97 Å². The predicted octanol–water partition coefficient (Wildman–Crippen LogP) is 3.93. The second-order valence-electron chi connectivity index (χ2n) is 4.65. The zero-order valence-electron chi connectivity index (χ0n) is 12.0. The number of carbonyl (C=O) groups excluding carboxylic acids is 1. The van der Waals surface area contributed by atoms with Crippen molar-refractivity contribution in [1.29, 1.82) is 0 Å². The van der Waals surface area contributed by atoms with Gasteiger partial charge in [-0.25, -0.2) is 4.79 Å². The summed E-state index contributed by atoms with van der Waals surface area (Å²) in [7, 11) is 1.62. The van der Waals surface area contributed by atoms with Crippen LogP contribution in [0.2, 0.25) is 0 Å². The maximum absolute atomic E-state index is 12.0. The molecule has 0 fully saturated rings. The molecular weight excluding hydrogens is 264 g/mol. The van der Waals surface area contributed by atoms with Crippen molar-refractivity contribution in [2.45, 2.75) is 12.5 Å². The van der Waals surface area contributed by atoms with Gasteiger partial charge in [0.25, 0.3) is 0 Å². The average molecular weight is 282 g/mol. The third kappa shape index (κ3) is 4.29. The lowest BCUT2D eigenvalue weighted by atomic mass is 10.0. The van der Waals surface area contributed by atoms with Crippen LogP contribution in [-0.2, 0) is 9.53 Å². The Labute approximate surface area is 124 Å². The first-order valence-electron chi connectivity index (χ1n) is 6.73. The maximum atomic E-state index is 12.0. The van der Waals surface area contributed by atoms with Crippen LogP contribution < -0.4 is 4.74 Å². The molecule has 0 saturated carbocycles. The predicted molar refractivity (Wildman–Crippen MR) is 82.0 cm³/mol. The van der Waals surface area contributed by atoms with Crippen molar-refractivity contribution in [3.05, 3.63) is 78.4 Å². The Hall–Kier alpha value is -2.39. The first-order chi connectivity index (χ1) is 10.2. The molecule has 2 aromatic rings. The number of hydrogen-bond acceptors (Lipinski definition) is 3. The molecule has 0 aromatic heterocycles. The lowest BCUT2D eigenvalue weighted by Gasteiger charge is -2.16. The molecule has 2 rings (SSSR count). The lowest BCUT2D eigenvalue weighted by molar-refractivity contribution is -0.130. The van der Waals surface area contributed by atoms with Crippen molar-refractivity contribution >= 4 is 5.97 Å². The van der Waals surface area contributed by atoms with Gasteiger partial charge >= 0.3 is 5.97 Å². The summed E-state index contributed by atoms with van der Waals surface area (Å²) in [4.78, 5) is 12.0. The van der Waals surface area contributed by atoms with Crippen molar-refractivity contribution < 1.29 is 14.3 Å². The van der Waals surface area contributed by atoms with Crippen LogP contribution in [0.1, 0.15) is 18.1 Å². The number of ether oxygens (including phenoxy) is 2. The molecule has 0 bridgehead atoms. The van der Waals surface area contributed by atoms with Gasteiger partial charge in [0.2, 0.25) is 0 Å². The quantitative estimate of drug-likeness (QED) is 0.457. The maximum Gasteiger partial charge on any atom is 0.338 e. The van der Waals surface area contributed by atoms with Crippen LogP contribution in [-0.4, -0.2) is 13.1 Å². The Morgan fingerprint density at radius 2 is 1.62 bits per heavy atom. The third-order valence-electron chi connectivity index (χ3n) is 3.13. The van der Waals surface area contributed by atoms with E-state index in [1.54, 1.807) is 19.2 Å². The summed E-state index contributed by atoms with van der Waals surface area (Å²) in [5.74, 6) is 0.0801. The standard InChI is InChI=1S/C18H18O3/c1-14(18(19)21-16-11-7-4-8-12-16)13-17(20-2)15-9-5-3-6-10-15/h3-12,17H,1,13H2,2H3/t17-/m1/s1. The molecule has 0 spiro atoms. The van der Waals surface area contributed by atoms with E-state index in [0.717, 1.165) is 5.56 Å². The van der Waals surface area contributed by atoms with E-state index >= 15 is 0 Å². The van der Waals surface area contributed by atoms with Gasteiger partial charge in [-0.15, -0.1) is 0 Å². The van der Waals surface area contributed by atoms with Crippen LogP contribution in [0.25, 0.3) is 0 Å². The van der Waals surface area contributed by atoms with E-state index in [9.17, 15) is 4.79 Å². The molecule has 0 heterocycles. The van der Waals surface area contributed by atoms with Crippen LogP contribution in [0.4, 0.5) is 0 Å². The number of carbonyl (C=O) groups is 1. The molecule has 3 nitrogen and oxygen atoms in total. The van der Waals surface area contributed by atoms with Gasteiger partial charge < -0.3 is 9.47 Å². The second-order valence-corrected chi connectivity index (χ2v) is 4.65. The first kappa shape index (κ1) is 15.0. The zero-order valence-corrected chi connectivity index (χ0v) is 12.0. The fourth-order valence-electron chi connectivity index (χ4n) is 1.98. The minimum atomic E-state index is -0.431. The van der Waals surface area contributed by atoms with E-state index in [2.05, 4.69) is 6.58 Å². The molecule has 0 aliphatic rings. The summed E-state index contributed by atoms with van der Waals surface area (Å²) in [5.41, 5.74) is 1.39. The molecule has 0 aliphatic heterocycles. The molecule has 3 heteroatoms. The molecule has 21 heavy (non-hydrogen) atoms. The van der Waals surface area contributed by atoms with Gasteiger partial charge in [0, 0.05) is 19.1 Å². The van der Waals surface area contributed by atoms with Gasteiger partial charge in [0.1, 0.15) is 5.75 Å². The zero-order chi connectivity index (χ0) is 15.1. The van der Waals surface area contributed by atoms with Crippen LogP contribution in [0.15, 0.2) is 72.8 Å². The summed E-state index contributed by atoms with van der Waals surface area (Å²) in [6.45, 7) is 3.81. The number of rotatable bonds is 6. The minimum absolute atomic E-state index is 0.206. The minimum Gasteiger partial charge on any atom is -0.423 e. The number of hydrogen-bond donors (Lipinski definition) is 0. The Morgan fingerprint density at radius 1 is 1.05 bits per heavy atom. The molecule has 0 amide bonds. The smallest absolute Gasteiger partial charge is 0.338 e. The third-order valence-corrected chi connectivity index (χ3v) is 3.13. The normalized spacial score (nSPS) is 11.7. The number of para-hydroxylation sites is 1. The molecule has 2 aromatic carbocycles. The van der Waals surface area contributed by atoms with Gasteiger partial charge in [-0.2, -0.15) is 0 Å². The summed E-state index contributed by atoms with van der Waals surface area (Å²) in [6, 6.07) is 18.7. The Bertz CT molecular complexity index is 590. The van der Waals surface area contributed by atoms with Gasteiger partial charge in [0.15, 0.2) is 0 Å². The van der Waals surface area contributed by atoms with Crippen molar-refractivity contribution in [3.63, 3.8) is 0 Å². The highest BCUT2D eigenvalue weighted by Gasteiger charge is 2.17. The molecular formula is C18H18O3. The summed E-state index contributed by atoms with van der Waals surface area (Å²) in [6.07, 6.45) is 0.189. The van der Waals surface area contributed by atoms with E-state index in [4.69, 9.17) is 9.47 Å². The van der Waals surface area contributed by atoms with Crippen molar-refractivity contribution in [3.8, 4) is 5.75 Å². The van der Waals surface area contributed by atoms with E-state index in [1.807, 2.05) is 48.5 Å². The van der Waals surface area contributed by atoms with Gasteiger partial charge in [-0.1, -0.05) is 55.1 Å². The Morgan fingerprint density at radius 3 is 2.19 bits per heavy atom. The van der Waals surface area contributed by atoms with E-state index in [-0.39, 0.29) is 6.10 Å². The molecule has 0 saturated heterocycles.